The third kappa shape index (κ3) is 8.82. The van der Waals surface area contributed by atoms with Gasteiger partial charge in [-0.15, -0.1) is 0 Å². The van der Waals surface area contributed by atoms with Crippen LogP contribution in [0.25, 0.3) is 0 Å². The quantitative estimate of drug-likeness (QED) is 0.388. The van der Waals surface area contributed by atoms with E-state index in [1.54, 1.807) is 0 Å². The van der Waals surface area contributed by atoms with E-state index < -0.39 is 0 Å². The van der Waals surface area contributed by atoms with E-state index in [9.17, 15) is 0 Å². The standard InChI is InChI=1S/Cr.Fe.K.H3N.H/h;;;1H3;/q;;+1;;-1. The first-order valence-corrected chi connectivity index (χ1v) is 0. The molecule has 0 saturated heterocycles. The van der Waals surface area contributed by atoms with E-state index in [1.165, 1.54) is 0 Å². The molecular formula is H4CrFeKN. The van der Waals surface area contributed by atoms with Crippen molar-refractivity contribution in [2.75, 3.05) is 0 Å². The Bertz CT molecular complexity index is 11.6. The summed E-state index contributed by atoms with van der Waals surface area (Å²) in [4.78, 5) is 0. The van der Waals surface area contributed by atoms with Gasteiger partial charge in [-0.3, -0.25) is 0 Å². The number of hydrogen-bond donors (Lipinski definition) is 1. The van der Waals surface area contributed by atoms with Crippen molar-refractivity contribution < 1.29 is 87.2 Å². The molecule has 0 fully saturated rings. The summed E-state index contributed by atoms with van der Waals surface area (Å²) in [6, 6.07) is 0. The van der Waals surface area contributed by atoms with Crippen LogP contribution in [0.15, 0.2) is 0 Å². The summed E-state index contributed by atoms with van der Waals surface area (Å²) in [7, 11) is 0. The Morgan fingerprint density at radius 1 is 1.25 bits per heavy atom. The van der Waals surface area contributed by atoms with Gasteiger partial charge in [-0.25, -0.2) is 0 Å². The van der Waals surface area contributed by atoms with Crippen molar-refractivity contribution >= 4 is 0 Å². The molecule has 1 nitrogen and oxygen atoms in total. The Kier molecular flexibility index (Phi) is 132. The third-order valence-corrected chi connectivity index (χ3v) is 0. The predicted octanol–water partition coefficient (Wildman–Crippen LogP) is -2.73. The van der Waals surface area contributed by atoms with Gasteiger partial charge in [-0.05, 0) is 0 Å². The topological polar surface area (TPSA) is 35.0 Å². The smallest absolute Gasteiger partial charge is 1.00 e. The van der Waals surface area contributed by atoms with Gasteiger partial charge >= 0.3 is 51.4 Å². The minimum absolute atomic E-state index is 0. The molecule has 0 aromatic carbocycles. The summed E-state index contributed by atoms with van der Waals surface area (Å²) in [6.07, 6.45) is 0. The molecule has 0 unspecified atom stereocenters. The van der Waals surface area contributed by atoms with Gasteiger partial charge in [0.15, 0.2) is 0 Å². The van der Waals surface area contributed by atoms with E-state index >= 15 is 0 Å². The molecule has 0 heterocycles. The van der Waals surface area contributed by atoms with Gasteiger partial charge in [-0.2, -0.15) is 0 Å². The van der Waals surface area contributed by atoms with Crippen LogP contribution in [0.4, 0.5) is 0 Å². The SMILES string of the molecule is N.[Cr].[Fe].[H-].[K+]. The van der Waals surface area contributed by atoms with Crippen LogP contribution in [0, 0.1) is 0 Å². The summed E-state index contributed by atoms with van der Waals surface area (Å²) in [5, 5.41) is 0. The normalized spacial score (nSPS) is 0. The van der Waals surface area contributed by atoms with Gasteiger partial charge < -0.3 is 7.58 Å². The largest absolute Gasteiger partial charge is 1.00 e. The molecule has 0 rings (SSSR count). The molecule has 0 aliphatic carbocycles. The second-order valence-corrected chi connectivity index (χ2v) is 0. The zero-order valence-corrected chi connectivity index (χ0v) is 7.97. The van der Waals surface area contributed by atoms with Crippen molar-refractivity contribution in [2.45, 2.75) is 0 Å². The predicted molar refractivity (Wildman–Crippen MR) is 6.13 cm³/mol. The minimum Gasteiger partial charge on any atom is -1.00 e. The molecule has 24 valence electrons. The van der Waals surface area contributed by atoms with Crippen LogP contribution >= 0.6 is 0 Å². The van der Waals surface area contributed by atoms with E-state index in [-0.39, 0.29) is 93.4 Å². The maximum atomic E-state index is 0. The van der Waals surface area contributed by atoms with Gasteiger partial charge in [0.25, 0.3) is 0 Å². The second kappa shape index (κ2) is 17.4. The zero-order chi connectivity index (χ0) is 0. The molecule has 0 amide bonds. The van der Waals surface area contributed by atoms with E-state index in [2.05, 4.69) is 0 Å². The first-order valence-electron chi connectivity index (χ1n) is 0. The molecule has 4 heteroatoms. The maximum absolute atomic E-state index is 0. The summed E-state index contributed by atoms with van der Waals surface area (Å²) in [5.74, 6) is 0. The van der Waals surface area contributed by atoms with Crippen LogP contribution in [0.1, 0.15) is 1.43 Å². The Morgan fingerprint density at radius 2 is 1.25 bits per heavy atom. The fraction of sp³-hybridized carbons (Fsp3) is 0. The average molecular weight is 165 g/mol. The molecule has 4 heavy (non-hydrogen) atoms. The maximum Gasteiger partial charge on any atom is 1.00 e. The first-order chi connectivity index (χ1) is 0. The van der Waals surface area contributed by atoms with Crippen molar-refractivity contribution in [1.82, 2.24) is 6.15 Å². The van der Waals surface area contributed by atoms with Crippen LogP contribution in [-0.4, -0.2) is 0 Å². The fourth-order valence-corrected chi connectivity index (χ4v) is 0. The van der Waals surface area contributed by atoms with Crippen molar-refractivity contribution in [2.24, 2.45) is 0 Å². The van der Waals surface area contributed by atoms with Gasteiger partial charge in [0.2, 0.25) is 0 Å². The van der Waals surface area contributed by atoms with Crippen LogP contribution in [0.5, 0.6) is 0 Å². The molecule has 0 bridgehead atoms. The minimum atomic E-state index is 0. The summed E-state index contributed by atoms with van der Waals surface area (Å²) < 4.78 is 0. The monoisotopic (exact) mass is 165 g/mol. The van der Waals surface area contributed by atoms with Crippen LogP contribution in [-0.2, 0) is 34.4 Å². The Morgan fingerprint density at radius 3 is 1.25 bits per heavy atom. The molecule has 0 aliphatic rings. The molecular weight excluding hydrogens is 161 g/mol. The van der Waals surface area contributed by atoms with Crippen LogP contribution < -0.4 is 57.5 Å². The van der Waals surface area contributed by atoms with E-state index in [0.717, 1.165) is 0 Å². The molecule has 0 aliphatic heterocycles. The van der Waals surface area contributed by atoms with Crippen molar-refractivity contribution in [3.8, 4) is 0 Å². The summed E-state index contributed by atoms with van der Waals surface area (Å²) in [6.45, 7) is 0. The van der Waals surface area contributed by atoms with Crippen molar-refractivity contribution in [3.05, 3.63) is 0 Å². The van der Waals surface area contributed by atoms with Gasteiger partial charge in [-0.1, -0.05) is 0 Å². The summed E-state index contributed by atoms with van der Waals surface area (Å²) in [5.41, 5.74) is 0. The van der Waals surface area contributed by atoms with Crippen molar-refractivity contribution in [3.63, 3.8) is 0 Å². The number of rotatable bonds is 0. The molecule has 0 aromatic rings. The van der Waals surface area contributed by atoms with E-state index in [4.69, 9.17) is 0 Å². The summed E-state index contributed by atoms with van der Waals surface area (Å²) >= 11 is 0. The van der Waals surface area contributed by atoms with Gasteiger partial charge in [0.05, 0.1) is 0 Å². The zero-order valence-electron chi connectivity index (χ0n) is 3.47. The second-order valence-electron chi connectivity index (χ2n) is 0. The molecule has 0 radical (unpaired) electrons. The fourth-order valence-electron chi connectivity index (χ4n) is 0. The van der Waals surface area contributed by atoms with Crippen LogP contribution in [0.3, 0.4) is 0 Å². The van der Waals surface area contributed by atoms with Gasteiger partial charge in [0, 0.05) is 34.4 Å². The van der Waals surface area contributed by atoms with E-state index in [0.29, 0.717) is 0 Å². The van der Waals surface area contributed by atoms with Gasteiger partial charge in [0.1, 0.15) is 0 Å². The number of hydrogen-bond acceptors (Lipinski definition) is 1. The Labute approximate surface area is 91.4 Å². The third-order valence-electron chi connectivity index (χ3n) is 0. The molecule has 0 saturated carbocycles. The first kappa shape index (κ1) is 30.2. The van der Waals surface area contributed by atoms with Crippen molar-refractivity contribution in [1.29, 1.82) is 0 Å². The molecule has 0 aromatic heterocycles. The Hall–Kier alpha value is 2.65. The molecule has 3 N–H and O–H groups in total. The average Bonchev–Trinajstić information content (AvgIpc) is 0. The Balaban J connectivity index is 0. The molecule has 0 spiro atoms. The molecule has 0 atom stereocenters. The van der Waals surface area contributed by atoms with E-state index in [1.807, 2.05) is 0 Å². The van der Waals surface area contributed by atoms with Crippen LogP contribution in [0.2, 0.25) is 0 Å².